The molecule has 0 aliphatic heterocycles. The van der Waals surface area contributed by atoms with Gasteiger partial charge in [-0.1, -0.05) is 72.8 Å². The van der Waals surface area contributed by atoms with Crippen LogP contribution in [0.4, 0.5) is 0 Å². The van der Waals surface area contributed by atoms with Crippen LogP contribution in [0.2, 0.25) is 0 Å². The van der Waals surface area contributed by atoms with Crippen LogP contribution in [0.25, 0.3) is 17.0 Å². The zero-order chi connectivity index (χ0) is 29.6. The van der Waals surface area contributed by atoms with Gasteiger partial charge in [0.25, 0.3) is 5.56 Å². The molecule has 0 unspecified atom stereocenters. The number of hydrogen-bond acceptors (Lipinski definition) is 5. The first-order valence-electron chi connectivity index (χ1n) is 14.3. The predicted octanol–water partition coefficient (Wildman–Crippen LogP) is 5.82. The third-order valence-electron chi connectivity index (χ3n) is 7.50. The number of carbonyl (C=O) groups excluding carboxylic acids is 1. The Kier molecular flexibility index (Phi) is 8.88. The van der Waals surface area contributed by atoms with Crippen LogP contribution in [0.3, 0.4) is 0 Å². The average Bonchev–Trinajstić information content (AvgIpc) is 3.19. The van der Waals surface area contributed by atoms with Crippen molar-refractivity contribution in [1.82, 2.24) is 24.2 Å². The van der Waals surface area contributed by atoms with Crippen molar-refractivity contribution in [2.24, 2.45) is 7.05 Å². The van der Waals surface area contributed by atoms with E-state index >= 15 is 0 Å². The fraction of sp³-hybridized carbons (Fsp3) is 0.257. The van der Waals surface area contributed by atoms with Crippen LogP contribution >= 0.6 is 0 Å². The highest BCUT2D eigenvalue weighted by atomic mass is 16.2. The summed E-state index contributed by atoms with van der Waals surface area (Å²) in [5, 5.41) is 0.970. The third kappa shape index (κ3) is 6.81. The van der Waals surface area contributed by atoms with E-state index < -0.39 is 0 Å². The van der Waals surface area contributed by atoms with Crippen molar-refractivity contribution in [1.29, 1.82) is 0 Å². The Balaban J connectivity index is 1.20. The predicted molar refractivity (Wildman–Crippen MR) is 169 cm³/mol. The third-order valence-corrected chi connectivity index (χ3v) is 7.50. The number of rotatable bonds is 11. The number of aromatic nitrogens is 4. The Bertz CT molecular complexity index is 1780. The Hall–Kier alpha value is -4.62. The maximum atomic E-state index is 13.1. The largest absolute Gasteiger partial charge is 0.305 e. The van der Waals surface area contributed by atoms with E-state index in [1.54, 1.807) is 9.36 Å². The zero-order valence-electron chi connectivity index (χ0n) is 24.7. The fourth-order valence-corrected chi connectivity index (χ4v) is 5.17. The van der Waals surface area contributed by atoms with E-state index in [0.717, 1.165) is 34.4 Å². The molecule has 5 aromatic rings. The molecule has 0 spiro atoms. The minimum Gasteiger partial charge on any atom is -0.305 e. The number of Topliss-reactive ketones (excluding diaryl/α,β-unsaturated/α-hetero) is 1. The molecule has 0 saturated heterocycles. The maximum absolute atomic E-state index is 13.1. The Morgan fingerprint density at radius 1 is 0.952 bits per heavy atom. The molecule has 7 heteroatoms. The second-order valence-corrected chi connectivity index (χ2v) is 11.0. The lowest BCUT2D eigenvalue weighted by atomic mass is 10.1. The molecule has 0 fully saturated rings. The highest BCUT2D eigenvalue weighted by Gasteiger charge is 2.20. The number of benzene rings is 3. The molecule has 0 aliphatic carbocycles. The van der Waals surface area contributed by atoms with E-state index in [1.165, 1.54) is 11.1 Å². The summed E-state index contributed by atoms with van der Waals surface area (Å²) in [5.41, 5.74) is 6.15. The molecule has 0 amide bonds. The summed E-state index contributed by atoms with van der Waals surface area (Å²) < 4.78 is 3.40. The molecule has 7 nitrogen and oxygen atoms in total. The molecule has 0 aliphatic rings. The molecule has 5 rings (SSSR count). The average molecular weight is 560 g/mol. The van der Waals surface area contributed by atoms with Crippen LogP contribution in [0, 0.1) is 6.92 Å². The summed E-state index contributed by atoms with van der Waals surface area (Å²) in [6, 6.07) is 24.5. The molecule has 0 N–H and O–H groups in total. The quantitative estimate of drug-likeness (QED) is 0.191. The van der Waals surface area contributed by atoms with Gasteiger partial charge in [0.15, 0.2) is 5.78 Å². The number of nitrogens with zero attached hydrogens (tertiary/aromatic N) is 5. The molecule has 214 valence electrons. The first-order chi connectivity index (χ1) is 20.3. The summed E-state index contributed by atoms with van der Waals surface area (Å²) >= 11 is 0. The van der Waals surface area contributed by atoms with E-state index in [-0.39, 0.29) is 23.3 Å². The summed E-state index contributed by atoms with van der Waals surface area (Å²) in [5.74, 6) is 0.667. The summed E-state index contributed by atoms with van der Waals surface area (Å²) in [6.45, 7) is 3.18. The maximum Gasteiger partial charge on any atom is 0.278 e. The molecular weight excluding hydrogens is 522 g/mol. The minimum atomic E-state index is -0.233. The van der Waals surface area contributed by atoms with Crippen LogP contribution in [-0.2, 0) is 26.6 Å². The monoisotopic (exact) mass is 559 g/mol. The second-order valence-electron chi connectivity index (χ2n) is 11.0. The van der Waals surface area contributed by atoms with Gasteiger partial charge in [0.05, 0.1) is 12.1 Å². The van der Waals surface area contributed by atoms with Crippen LogP contribution in [-0.4, -0.2) is 44.1 Å². The van der Waals surface area contributed by atoms with E-state index in [9.17, 15) is 9.59 Å². The number of allylic oxidation sites excluding steroid dienone is 1. The van der Waals surface area contributed by atoms with Crippen molar-refractivity contribution in [2.75, 3.05) is 14.1 Å². The summed E-state index contributed by atoms with van der Waals surface area (Å²) in [4.78, 5) is 37.6. The molecule has 0 bridgehead atoms. The Morgan fingerprint density at radius 2 is 1.69 bits per heavy atom. The van der Waals surface area contributed by atoms with Crippen LogP contribution in [0.15, 0.2) is 89.9 Å². The summed E-state index contributed by atoms with van der Waals surface area (Å²) in [7, 11) is 5.96. The molecule has 42 heavy (non-hydrogen) atoms. The molecule has 0 radical (unpaired) electrons. The van der Waals surface area contributed by atoms with Crippen molar-refractivity contribution in [3.63, 3.8) is 0 Å². The lowest BCUT2D eigenvalue weighted by Crippen LogP contribution is -2.24. The number of ketones is 1. The smallest absolute Gasteiger partial charge is 0.278 e. The highest BCUT2D eigenvalue weighted by Crippen LogP contribution is 2.17. The second kappa shape index (κ2) is 12.9. The van der Waals surface area contributed by atoms with Crippen molar-refractivity contribution in [3.05, 3.63) is 135 Å². The van der Waals surface area contributed by atoms with Crippen molar-refractivity contribution in [2.45, 2.75) is 39.3 Å². The van der Waals surface area contributed by atoms with E-state index in [0.29, 0.717) is 25.1 Å². The van der Waals surface area contributed by atoms with Gasteiger partial charge in [0.2, 0.25) is 0 Å². The van der Waals surface area contributed by atoms with Gasteiger partial charge in [-0.15, -0.1) is 0 Å². The number of fused-ring (bicyclic) bond motifs is 1. The Morgan fingerprint density at radius 3 is 2.43 bits per heavy atom. The lowest BCUT2D eigenvalue weighted by molar-refractivity contribution is 0.0982. The standard InChI is InChI=1S/C35H37N5O2/c1-25-34(35(42)40(39(25)4)24-28-11-6-5-7-12-28)32(41)13-9-8-10-26-18-19-31-30(20-26)22-36-33(37-31)21-27-14-16-29(17-15-27)23-38(2)3/h5-8,10-12,14-20,22H,9,13,21,23-24H2,1-4H3/b10-8+. The van der Waals surface area contributed by atoms with Gasteiger partial charge in [-0.05, 0) is 61.8 Å². The van der Waals surface area contributed by atoms with Gasteiger partial charge in [0, 0.05) is 43.7 Å². The summed E-state index contributed by atoms with van der Waals surface area (Å²) in [6.07, 6.45) is 7.37. The first kappa shape index (κ1) is 28.9. The normalized spacial score (nSPS) is 11.6. The molecule has 3 aromatic carbocycles. The van der Waals surface area contributed by atoms with Gasteiger partial charge in [-0.25, -0.2) is 14.6 Å². The van der Waals surface area contributed by atoms with Crippen LogP contribution in [0.5, 0.6) is 0 Å². The zero-order valence-corrected chi connectivity index (χ0v) is 24.7. The molecule has 2 heterocycles. The van der Waals surface area contributed by atoms with Gasteiger partial charge < -0.3 is 4.90 Å². The van der Waals surface area contributed by atoms with E-state index in [1.807, 2.05) is 74.8 Å². The molecule has 0 atom stereocenters. The molecular formula is C35H37N5O2. The van der Waals surface area contributed by atoms with Crippen molar-refractivity contribution in [3.8, 4) is 0 Å². The molecule has 2 aromatic heterocycles. The van der Waals surface area contributed by atoms with Crippen molar-refractivity contribution < 1.29 is 4.79 Å². The molecule has 0 saturated carbocycles. The van der Waals surface area contributed by atoms with Gasteiger partial charge in [0.1, 0.15) is 11.4 Å². The topological polar surface area (TPSA) is 73.0 Å². The Labute approximate surface area is 246 Å². The van der Waals surface area contributed by atoms with Crippen LogP contribution < -0.4 is 5.56 Å². The van der Waals surface area contributed by atoms with E-state index in [2.05, 4.69) is 54.3 Å². The van der Waals surface area contributed by atoms with Crippen molar-refractivity contribution >= 4 is 22.8 Å². The van der Waals surface area contributed by atoms with Gasteiger partial charge >= 0.3 is 0 Å². The van der Waals surface area contributed by atoms with Gasteiger partial charge in [-0.3, -0.25) is 14.3 Å². The first-order valence-corrected chi connectivity index (χ1v) is 14.3. The minimum absolute atomic E-state index is 0.128. The number of hydrogen-bond donors (Lipinski definition) is 0. The van der Waals surface area contributed by atoms with Crippen LogP contribution in [0.1, 0.15) is 57.0 Å². The van der Waals surface area contributed by atoms with Gasteiger partial charge in [-0.2, -0.15) is 0 Å². The lowest BCUT2D eigenvalue weighted by Gasteiger charge is -2.10. The fourth-order valence-electron chi connectivity index (χ4n) is 5.17. The van der Waals surface area contributed by atoms with E-state index in [4.69, 9.17) is 4.98 Å². The highest BCUT2D eigenvalue weighted by molar-refractivity contribution is 5.97. The number of carbonyl (C=O) groups is 1. The SMILES string of the molecule is Cc1c(C(=O)CC/C=C/c2ccc3nc(Cc4ccc(CN(C)C)cc4)ncc3c2)c(=O)n(Cc2ccccc2)n1C.